The van der Waals surface area contributed by atoms with Gasteiger partial charge in [0.15, 0.2) is 0 Å². The zero-order valence-corrected chi connectivity index (χ0v) is 7.40. The van der Waals surface area contributed by atoms with E-state index in [2.05, 4.69) is 13.6 Å². The molecular weight excluding hydrogens is 245 g/mol. The second-order valence-electron chi connectivity index (χ2n) is 2.14. The van der Waals surface area contributed by atoms with Crippen molar-refractivity contribution in [3.05, 3.63) is 0 Å². The fraction of sp³-hybridized carbons (Fsp3) is 0. The fourth-order valence-electron chi connectivity index (χ4n) is 0.561. The van der Waals surface area contributed by atoms with Gasteiger partial charge in [-0.05, 0) is 0 Å². The van der Waals surface area contributed by atoms with Crippen molar-refractivity contribution in [2.75, 3.05) is 0 Å². The maximum absolute atomic E-state index is 13.0. The molecular formula is C4HF2O8P. The third kappa shape index (κ3) is 2.15. The monoisotopic (exact) mass is 246 g/mol. The van der Waals surface area contributed by atoms with Crippen LogP contribution in [0.1, 0.15) is 0 Å². The summed E-state index contributed by atoms with van der Waals surface area (Å²) >= 11 is 0. The van der Waals surface area contributed by atoms with Gasteiger partial charge in [-0.1, -0.05) is 0 Å². The van der Waals surface area contributed by atoms with Crippen LogP contribution >= 0.6 is 7.91 Å². The number of hydrogen-bond donors (Lipinski definition) is 1. The third-order valence-corrected chi connectivity index (χ3v) is 2.38. The van der Waals surface area contributed by atoms with Gasteiger partial charge in [-0.2, -0.15) is 0 Å². The molecule has 0 aromatic carbocycles. The molecule has 1 heterocycles. The SMILES string of the molecule is O=C(O)C(=O)OP1(F)(F)OC(=O)C(=O)O1. The summed E-state index contributed by atoms with van der Waals surface area (Å²) in [6, 6.07) is 0. The minimum atomic E-state index is -7.24. The van der Waals surface area contributed by atoms with Crippen LogP contribution in [0.4, 0.5) is 8.39 Å². The van der Waals surface area contributed by atoms with Crippen molar-refractivity contribution >= 4 is 31.8 Å². The Bertz CT molecular complexity index is 368. The van der Waals surface area contributed by atoms with Gasteiger partial charge < -0.3 is 0 Å². The zero-order valence-electron chi connectivity index (χ0n) is 6.51. The van der Waals surface area contributed by atoms with Crippen LogP contribution in [0.3, 0.4) is 0 Å². The first-order valence-corrected chi connectivity index (χ1v) is 4.81. The van der Waals surface area contributed by atoms with E-state index in [1.54, 1.807) is 0 Å². The molecule has 0 spiro atoms. The predicted molar refractivity (Wildman–Crippen MR) is 35.0 cm³/mol. The number of rotatable bonds is 1. The Labute approximate surface area is 79.1 Å². The van der Waals surface area contributed by atoms with Crippen molar-refractivity contribution < 1.29 is 46.2 Å². The van der Waals surface area contributed by atoms with Gasteiger partial charge >= 0.3 is 78.0 Å². The average molecular weight is 246 g/mol. The molecule has 0 unspecified atom stereocenters. The molecule has 8 nitrogen and oxygen atoms in total. The minimum absolute atomic E-state index is 2.06. The van der Waals surface area contributed by atoms with Crippen molar-refractivity contribution in [2.24, 2.45) is 0 Å². The van der Waals surface area contributed by atoms with Crippen LogP contribution in [-0.2, 0) is 32.7 Å². The van der Waals surface area contributed by atoms with Crippen LogP contribution in [0.5, 0.6) is 0 Å². The normalized spacial score (nSPS) is 24.3. The number of carbonyl (C=O) groups is 4. The first-order valence-electron chi connectivity index (χ1n) is 3.04. The number of carbonyl (C=O) groups excluding carboxylic acids is 3. The molecule has 0 amide bonds. The molecule has 1 rings (SSSR count). The molecule has 1 fully saturated rings. The molecule has 1 N–H and O–H groups in total. The summed E-state index contributed by atoms with van der Waals surface area (Å²) < 4.78 is 35.3. The first-order chi connectivity index (χ1) is 6.62. The van der Waals surface area contributed by atoms with Crippen molar-refractivity contribution in [1.82, 2.24) is 0 Å². The summed E-state index contributed by atoms with van der Waals surface area (Å²) in [5.41, 5.74) is 0. The van der Waals surface area contributed by atoms with Gasteiger partial charge in [0.05, 0.1) is 0 Å². The van der Waals surface area contributed by atoms with Gasteiger partial charge in [-0.15, -0.1) is 0 Å². The van der Waals surface area contributed by atoms with Crippen molar-refractivity contribution in [3.8, 4) is 0 Å². The number of aliphatic carboxylic acids is 1. The topological polar surface area (TPSA) is 116 Å². The number of halogens is 2. The molecule has 1 aliphatic rings. The van der Waals surface area contributed by atoms with Crippen LogP contribution in [0.25, 0.3) is 0 Å². The summed E-state index contributed by atoms with van der Waals surface area (Å²) in [6.45, 7) is 0. The second kappa shape index (κ2) is 2.83. The molecule has 1 aliphatic heterocycles. The Morgan fingerprint density at radius 3 is 1.93 bits per heavy atom. The van der Waals surface area contributed by atoms with Crippen LogP contribution in [0.2, 0.25) is 0 Å². The molecule has 84 valence electrons. The maximum atomic E-state index is 13.0. The van der Waals surface area contributed by atoms with E-state index in [1.807, 2.05) is 0 Å². The van der Waals surface area contributed by atoms with Gasteiger partial charge in [0.2, 0.25) is 0 Å². The van der Waals surface area contributed by atoms with E-state index in [0.717, 1.165) is 0 Å². The summed E-state index contributed by atoms with van der Waals surface area (Å²) in [7, 11) is -7.24. The van der Waals surface area contributed by atoms with Crippen molar-refractivity contribution in [1.29, 1.82) is 0 Å². The molecule has 0 radical (unpaired) electrons. The molecule has 1 saturated heterocycles. The Morgan fingerprint density at radius 2 is 1.60 bits per heavy atom. The van der Waals surface area contributed by atoms with E-state index in [0.29, 0.717) is 0 Å². The average Bonchev–Trinajstić information content (AvgIpc) is 2.20. The Hall–Kier alpha value is -1.83. The van der Waals surface area contributed by atoms with Gasteiger partial charge in [-0.25, -0.2) is 0 Å². The van der Waals surface area contributed by atoms with Gasteiger partial charge in [0.25, 0.3) is 0 Å². The van der Waals surface area contributed by atoms with Crippen molar-refractivity contribution in [3.63, 3.8) is 0 Å². The van der Waals surface area contributed by atoms with Gasteiger partial charge in [0.1, 0.15) is 0 Å². The molecule has 15 heavy (non-hydrogen) atoms. The molecule has 11 heteroatoms. The summed E-state index contributed by atoms with van der Waals surface area (Å²) in [5.74, 6) is -8.87. The quantitative estimate of drug-likeness (QED) is 0.498. The number of carboxylic acids is 1. The third-order valence-electron chi connectivity index (χ3n) is 1.02. The van der Waals surface area contributed by atoms with Crippen LogP contribution < -0.4 is 0 Å². The van der Waals surface area contributed by atoms with Gasteiger partial charge in [0, 0.05) is 0 Å². The Morgan fingerprint density at radius 1 is 1.20 bits per heavy atom. The predicted octanol–water partition coefficient (Wildman–Crippen LogP) is -0.219. The summed E-state index contributed by atoms with van der Waals surface area (Å²) in [4.78, 5) is 40.7. The van der Waals surface area contributed by atoms with E-state index >= 15 is 0 Å². The number of hydrogen-bond acceptors (Lipinski definition) is 7. The molecule has 0 saturated carbocycles. The van der Waals surface area contributed by atoms with Crippen LogP contribution in [0, 0.1) is 0 Å². The van der Waals surface area contributed by atoms with Crippen LogP contribution in [-0.4, -0.2) is 29.0 Å². The summed E-state index contributed by atoms with van der Waals surface area (Å²) in [6.07, 6.45) is 0. The molecule has 0 aliphatic carbocycles. The van der Waals surface area contributed by atoms with E-state index in [-0.39, 0.29) is 0 Å². The Balaban J connectivity index is 2.92. The number of carboxylic acid groups (broad SMARTS) is 1. The molecule has 0 bridgehead atoms. The molecule has 0 aromatic heterocycles. The van der Waals surface area contributed by atoms with E-state index in [9.17, 15) is 27.6 Å². The Kier molecular flexibility index (Phi) is 2.12. The first kappa shape index (κ1) is 11.2. The standard InChI is InChI=1S/C4HF2O8P/c5-15(6,12-2(9)1(7)8)13-3(10)4(11)14-15/h(H,7,8). The summed E-state index contributed by atoms with van der Waals surface area (Å²) in [5, 5.41) is 7.94. The van der Waals surface area contributed by atoms with E-state index < -0.39 is 31.8 Å². The zero-order chi connectivity index (χ0) is 11.9. The molecule has 0 aromatic rings. The second-order valence-corrected chi connectivity index (χ2v) is 4.09. The molecule has 0 atom stereocenters. The van der Waals surface area contributed by atoms with Crippen LogP contribution in [0.15, 0.2) is 0 Å². The van der Waals surface area contributed by atoms with Crippen molar-refractivity contribution in [2.45, 2.75) is 0 Å². The van der Waals surface area contributed by atoms with E-state index in [4.69, 9.17) is 5.11 Å². The fourth-order valence-corrected chi connectivity index (χ4v) is 1.68. The van der Waals surface area contributed by atoms with E-state index in [1.165, 1.54) is 0 Å². The van der Waals surface area contributed by atoms with Gasteiger partial charge in [-0.3, -0.25) is 0 Å².